The van der Waals surface area contributed by atoms with Gasteiger partial charge in [-0.1, -0.05) is 61.3 Å². The number of hydrogen-bond acceptors (Lipinski definition) is 6. The largest absolute Gasteiger partial charge is 0.459 e. The smallest absolute Gasteiger partial charge is 0.320 e. The third kappa shape index (κ3) is 5.04. The van der Waals surface area contributed by atoms with Gasteiger partial charge in [-0.3, -0.25) is 4.79 Å². The molecule has 0 spiro atoms. The highest BCUT2D eigenvalue weighted by molar-refractivity contribution is 6.36. The van der Waals surface area contributed by atoms with Gasteiger partial charge < -0.3 is 15.4 Å². The quantitative estimate of drug-likeness (QED) is 0.404. The summed E-state index contributed by atoms with van der Waals surface area (Å²) in [5, 5.41) is 7.54. The first-order valence-electron chi connectivity index (χ1n) is 11.5. The number of carbonyl (C=O) groups excluding carboxylic acids is 1. The minimum atomic E-state index is -0.333. The van der Waals surface area contributed by atoms with Gasteiger partial charge in [0.1, 0.15) is 11.9 Å². The van der Waals surface area contributed by atoms with Gasteiger partial charge in [-0.15, -0.1) is 0 Å². The summed E-state index contributed by atoms with van der Waals surface area (Å²) in [6.07, 6.45) is 1.68. The van der Waals surface area contributed by atoms with E-state index in [1.54, 1.807) is 19.2 Å². The first-order valence-corrected chi connectivity index (χ1v) is 12.2. The molecule has 1 heterocycles. The van der Waals surface area contributed by atoms with E-state index in [1.807, 2.05) is 32.0 Å². The zero-order valence-corrected chi connectivity index (χ0v) is 21.0. The van der Waals surface area contributed by atoms with Gasteiger partial charge in [0.05, 0.1) is 34.7 Å². The molecule has 3 aromatic rings. The Morgan fingerprint density at radius 1 is 1.09 bits per heavy atom. The summed E-state index contributed by atoms with van der Waals surface area (Å²) in [5.74, 6) is 0.417. The summed E-state index contributed by atoms with van der Waals surface area (Å²) in [7, 11) is 1.73. The second-order valence-electron chi connectivity index (χ2n) is 8.23. The van der Waals surface area contributed by atoms with E-state index in [9.17, 15) is 4.79 Å². The van der Waals surface area contributed by atoms with Crippen molar-refractivity contribution in [1.82, 2.24) is 15.3 Å². The summed E-state index contributed by atoms with van der Waals surface area (Å²) in [5.41, 5.74) is 5.49. The number of benzene rings is 2. The van der Waals surface area contributed by atoms with Crippen LogP contribution in [-0.4, -0.2) is 35.6 Å². The number of fused-ring (bicyclic) bond motifs is 1. The lowest BCUT2D eigenvalue weighted by Gasteiger charge is -2.24. The van der Waals surface area contributed by atoms with Crippen molar-refractivity contribution in [2.24, 2.45) is 0 Å². The molecule has 1 aliphatic rings. The van der Waals surface area contributed by atoms with Crippen LogP contribution in [0, 0.1) is 0 Å². The van der Waals surface area contributed by atoms with Crippen LogP contribution in [-0.2, 0) is 28.8 Å². The Kier molecular flexibility index (Phi) is 7.71. The topological polar surface area (TPSA) is 76.1 Å². The van der Waals surface area contributed by atoms with Gasteiger partial charge in [0.2, 0.25) is 0 Å². The van der Waals surface area contributed by atoms with Crippen LogP contribution in [0.1, 0.15) is 42.4 Å². The molecule has 34 heavy (non-hydrogen) atoms. The third-order valence-corrected chi connectivity index (χ3v) is 6.52. The number of hydrogen-bond donors (Lipinski definition) is 2. The van der Waals surface area contributed by atoms with Crippen LogP contribution in [0.2, 0.25) is 10.0 Å². The first-order chi connectivity index (χ1) is 16.4. The lowest BCUT2D eigenvalue weighted by molar-refractivity contribution is -0.148. The molecule has 8 heteroatoms. The Bertz CT molecular complexity index is 1200. The van der Waals surface area contributed by atoms with Crippen molar-refractivity contribution in [3.05, 3.63) is 75.0 Å². The van der Waals surface area contributed by atoms with E-state index in [2.05, 4.69) is 22.8 Å². The lowest BCUT2D eigenvalue weighted by Crippen LogP contribution is -2.31. The molecule has 2 aromatic carbocycles. The number of halogens is 2. The maximum atomic E-state index is 12.3. The van der Waals surface area contributed by atoms with Gasteiger partial charge in [0.25, 0.3) is 0 Å². The number of rotatable bonds is 8. The monoisotopic (exact) mass is 498 g/mol. The van der Waals surface area contributed by atoms with Gasteiger partial charge in [0.15, 0.2) is 0 Å². The molecular formula is C26H28Cl2N4O2. The van der Waals surface area contributed by atoms with Crippen LogP contribution in [0.15, 0.2) is 42.5 Å². The van der Waals surface area contributed by atoms with Gasteiger partial charge in [-0.2, -0.15) is 0 Å². The summed E-state index contributed by atoms with van der Waals surface area (Å²) < 4.78 is 5.83. The van der Waals surface area contributed by atoms with Crippen LogP contribution in [0.5, 0.6) is 0 Å². The highest BCUT2D eigenvalue weighted by atomic mass is 35.5. The number of nitrogens with zero attached hydrogens (tertiary/aromatic N) is 2. The standard InChI is InChI=1S/C26H28Cl2N4O2/c1-4-20-24(18-11-10-16(27)13-19(18)28)30-21(5-2)26(31-20)32-25-17-9-7-6-8-15(17)12-22(25)34-23(33)14-29-3/h6-11,13,22,25,29H,4-5,12,14H2,1-3H3,(H,31,32). The fraction of sp³-hybridized carbons (Fsp3) is 0.346. The van der Waals surface area contributed by atoms with E-state index in [1.165, 1.54) is 0 Å². The van der Waals surface area contributed by atoms with Gasteiger partial charge in [-0.05, 0) is 49.2 Å². The minimum Gasteiger partial charge on any atom is -0.459 e. The second kappa shape index (κ2) is 10.7. The van der Waals surface area contributed by atoms with E-state index < -0.39 is 0 Å². The van der Waals surface area contributed by atoms with E-state index in [4.69, 9.17) is 37.9 Å². The van der Waals surface area contributed by atoms with Crippen molar-refractivity contribution in [3.63, 3.8) is 0 Å². The normalized spacial score (nSPS) is 16.9. The Hall–Kier alpha value is -2.67. The predicted octanol–water partition coefficient (Wildman–Crippen LogP) is 5.42. The Balaban J connectivity index is 1.72. The fourth-order valence-corrected chi connectivity index (χ4v) is 4.85. The first kappa shape index (κ1) is 24.5. The maximum Gasteiger partial charge on any atom is 0.320 e. The van der Waals surface area contributed by atoms with Crippen LogP contribution in [0.3, 0.4) is 0 Å². The molecule has 0 saturated carbocycles. The number of carbonyl (C=O) groups is 1. The number of anilines is 1. The second-order valence-corrected chi connectivity index (χ2v) is 9.07. The molecule has 0 amide bonds. The summed E-state index contributed by atoms with van der Waals surface area (Å²) in [6.45, 7) is 4.25. The Morgan fingerprint density at radius 3 is 2.56 bits per heavy atom. The lowest BCUT2D eigenvalue weighted by atomic mass is 10.1. The third-order valence-electron chi connectivity index (χ3n) is 5.98. The van der Waals surface area contributed by atoms with Gasteiger partial charge >= 0.3 is 5.97 Å². The molecule has 2 atom stereocenters. The average Bonchev–Trinajstić information content (AvgIpc) is 3.16. The molecule has 0 saturated heterocycles. The maximum absolute atomic E-state index is 12.3. The summed E-state index contributed by atoms with van der Waals surface area (Å²) >= 11 is 12.6. The highest BCUT2D eigenvalue weighted by Crippen LogP contribution is 2.38. The average molecular weight is 499 g/mol. The van der Waals surface area contributed by atoms with Crippen molar-refractivity contribution in [2.45, 2.75) is 45.3 Å². The van der Waals surface area contributed by atoms with Crippen LogP contribution in [0.4, 0.5) is 5.82 Å². The molecule has 6 nitrogen and oxygen atoms in total. The molecule has 2 N–H and O–H groups in total. The molecule has 1 aromatic heterocycles. The Morgan fingerprint density at radius 2 is 1.85 bits per heavy atom. The summed E-state index contributed by atoms with van der Waals surface area (Å²) in [6, 6.07) is 13.3. The molecule has 2 unspecified atom stereocenters. The number of likely N-dealkylation sites (N-methyl/N-ethyl adjacent to an activating group) is 1. The van der Waals surface area contributed by atoms with Crippen molar-refractivity contribution in [3.8, 4) is 11.3 Å². The number of aryl methyl sites for hydroxylation is 2. The minimum absolute atomic E-state index is 0.163. The van der Waals surface area contributed by atoms with Crippen molar-refractivity contribution >= 4 is 35.0 Å². The van der Waals surface area contributed by atoms with E-state index >= 15 is 0 Å². The van der Waals surface area contributed by atoms with E-state index in [0.717, 1.165) is 33.8 Å². The van der Waals surface area contributed by atoms with Gasteiger partial charge in [-0.25, -0.2) is 9.97 Å². The highest BCUT2D eigenvalue weighted by Gasteiger charge is 2.36. The van der Waals surface area contributed by atoms with E-state index in [0.29, 0.717) is 35.1 Å². The van der Waals surface area contributed by atoms with Crippen molar-refractivity contribution < 1.29 is 9.53 Å². The predicted molar refractivity (Wildman–Crippen MR) is 137 cm³/mol. The molecule has 0 bridgehead atoms. The number of esters is 1. The van der Waals surface area contributed by atoms with E-state index in [-0.39, 0.29) is 24.7 Å². The van der Waals surface area contributed by atoms with Crippen molar-refractivity contribution in [2.75, 3.05) is 18.9 Å². The SMILES string of the molecule is CCc1nc(-c2ccc(Cl)cc2Cl)c(CC)nc1NC1c2ccccc2CC1OC(=O)CNC. The molecule has 0 aliphatic heterocycles. The number of ether oxygens (including phenoxy) is 1. The summed E-state index contributed by atoms with van der Waals surface area (Å²) in [4.78, 5) is 22.2. The molecule has 4 rings (SSSR count). The Labute approximate surface area is 210 Å². The number of nitrogens with one attached hydrogen (secondary N) is 2. The van der Waals surface area contributed by atoms with Gasteiger partial charge in [0, 0.05) is 17.0 Å². The van der Waals surface area contributed by atoms with Crippen LogP contribution < -0.4 is 10.6 Å². The number of aromatic nitrogens is 2. The zero-order valence-electron chi connectivity index (χ0n) is 19.5. The molecule has 178 valence electrons. The molecule has 1 aliphatic carbocycles. The van der Waals surface area contributed by atoms with Crippen molar-refractivity contribution in [1.29, 1.82) is 0 Å². The van der Waals surface area contributed by atoms with Crippen LogP contribution in [0.25, 0.3) is 11.3 Å². The zero-order chi connectivity index (χ0) is 24.2. The fourth-order valence-electron chi connectivity index (χ4n) is 4.35. The molecular weight excluding hydrogens is 471 g/mol. The molecule has 0 radical (unpaired) electrons. The molecule has 0 fully saturated rings. The van der Waals surface area contributed by atoms with Crippen LogP contribution >= 0.6 is 23.2 Å².